The quantitative estimate of drug-likeness (QED) is 0.771. The summed E-state index contributed by atoms with van der Waals surface area (Å²) >= 11 is 0. The van der Waals surface area contributed by atoms with Gasteiger partial charge in [0.15, 0.2) is 0 Å². The van der Waals surface area contributed by atoms with Gasteiger partial charge in [0.2, 0.25) is 0 Å². The second-order valence-electron chi connectivity index (χ2n) is 6.32. The zero-order chi connectivity index (χ0) is 12.9. The van der Waals surface area contributed by atoms with Crippen molar-refractivity contribution in [1.29, 1.82) is 0 Å². The summed E-state index contributed by atoms with van der Waals surface area (Å²) in [4.78, 5) is 2.60. The van der Waals surface area contributed by atoms with E-state index in [1.807, 2.05) is 0 Å². The third-order valence-electron chi connectivity index (χ3n) is 4.81. The van der Waals surface area contributed by atoms with Gasteiger partial charge in [-0.25, -0.2) is 10.4 Å². The first-order valence-electron chi connectivity index (χ1n) is 8.28. The van der Waals surface area contributed by atoms with Crippen LogP contribution in [-0.2, 0) is 4.74 Å². The van der Waals surface area contributed by atoms with Gasteiger partial charge in [0, 0.05) is 32.2 Å². The van der Waals surface area contributed by atoms with E-state index in [0.717, 1.165) is 12.6 Å². The summed E-state index contributed by atoms with van der Waals surface area (Å²) in [5, 5.41) is 2.42. The number of hydrogen-bond acceptors (Lipinski definition) is 4. The minimum Gasteiger partial charge on any atom is -0.362 e. The van der Waals surface area contributed by atoms with Gasteiger partial charge in [0.25, 0.3) is 0 Å². The Kier molecular flexibility index (Phi) is 5.10. The third-order valence-corrected chi connectivity index (χ3v) is 4.81. The maximum atomic E-state index is 6.01. The van der Waals surface area contributed by atoms with Crippen molar-refractivity contribution in [2.75, 3.05) is 32.8 Å². The molecule has 0 aromatic carbocycles. The molecule has 4 heteroatoms. The van der Waals surface area contributed by atoms with Gasteiger partial charge >= 0.3 is 0 Å². The maximum Gasteiger partial charge on any atom is 0.122 e. The number of rotatable bonds is 5. The highest BCUT2D eigenvalue weighted by atomic mass is 16.5. The van der Waals surface area contributed by atoms with E-state index in [-0.39, 0.29) is 6.23 Å². The van der Waals surface area contributed by atoms with E-state index < -0.39 is 0 Å². The van der Waals surface area contributed by atoms with Crippen LogP contribution in [0.5, 0.6) is 0 Å². The molecule has 3 heterocycles. The van der Waals surface area contributed by atoms with Crippen LogP contribution in [-0.4, -0.2) is 55.0 Å². The Bertz CT molecular complexity index is 254. The van der Waals surface area contributed by atoms with Crippen LogP contribution in [0.25, 0.3) is 0 Å². The normalized spacial score (nSPS) is 33.5. The van der Waals surface area contributed by atoms with Crippen molar-refractivity contribution in [1.82, 2.24) is 15.3 Å². The summed E-state index contributed by atoms with van der Waals surface area (Å²) in [5.41, 5.74) is 3.53. The van der Waals surface area contributed by atoms with Gasteiger partial charge in [-0.1, -0.05) is 12.8 Å². The van der Waals surface area contributed by atoms with Crippen molar-refractivity contribution in [2.24, 2.45) is 0 Å². The van der Waals surface area contributed by atoms with E-state index in [2.05, 4.69) is 15.3 Å². The molecule has 0 saturated carbocycles. The van der Waals surface area contributed by atoms with Crippen molar-refractivity contribution in [3.8, 4) is 0 Å². The van der Waals surface area contributed by atoms with Crippen molar-refractivity contribution in [3.63, 3.8) is 0 Å². The molecule has 110 valence electrons. The van der Waals surface area contributed by atoms with Crippen LogP contribution in [0.1, 0.15) is 51.4 Å². The lowest BCUT2D eigenvalue weighted by molar-refractivity contribution is 0.0104. The largest absolute Gasteiger partial charge is 0.362 e. The fraction of sp³-hybridized carbons (Fsp3) is 1.00. The molecule has 2 atom stereocenters. The first-order chi connectivity index (χ1) is 9.42. The van der Waals surface area contributed by atoms with Gasteiger partial charge in [-0.3, -0.25) is 0 Å². The van der Waals surface area contributed by atoms with Crippen LogP contribution < -0.4 is 5.43 Å². The van der Waals surface area contributed by atoms with Gasteiger partial charge in [0.1, 0.15) is 6.23 Å². The summed E-state index contributed by atoms with van der Waals surface area (Å²) in [6.45, 7) is 5.95. The van der Waals surface area contributed by atoms with Crippen molar-refractivity contribution >= 4 is 0 Å². The highest BCUT2D eigenvalue weighted by molar-refractivity contribution is 4.83. The average Bonchev–Trinajstić information content (AvgIpc) is 2.87. The van der Waals surface area contributed by atoms with Crippen molar-refractivity contribution in [2.45, 2.75) is 63.6 Å². The van der Waals surface area contributed by atoms with Crippen LogP contribution in [0.2, 0.25) is 0 Å². The second kappa shape index (κ2) is 7.02. The van der Waals surface area contributed by atoms with Gasteiger partial charge in [-0.05, 0) is 45.2 Å². The van der Waals surface area contributed by atoms with E-state index in [9.17, 15) is 0 Å². The number of nitrogens with zero attached hydrogens (tertiary/aromatic N) is 2. The van der Waals surface area contributed by atoms with E-state index in [1.165, 1.54) is 77.5 Å². The van der Waals surface area contributed by atoms with Crippen LogP contribution in [0.3, 0.4) is 0 Å². The zero-order valence-corrected chi connectivity index (χ0v) is 12.1. The molecule has 3 aliphatic heterocycles. The Morgan fingerprint density at radius 3 is 2.68 bits per heavy atom. The van der Waals surface area contributed by atoms with E-state index >= 15 is 0 Å². The fourth-order valence-corrected chi connectivity index (χ4v) is 3.70. The van der Waals surface area contributed by atoms with Crippen LogP contribution >= 0.6 is 0 Å². The lowest BCUT2D eigenvalue weighted by Crippen LogP contribution is -2.42. The smallest absolute Gasteiger partial charge is 0.122 e. The Balaban J connectivity index is 1.28. The summed E-state index contributed by atoms with van der Waals surface area (Å²) in [6.07, 6.45) is 10.9. The third kappa shape index (κ3) is 3.91. The minimum atomic E-state index is 0.282. The number of ether oxygens (including phenoxy) is 1. The topological polar surface area (TPSA) is 27.7 Å². The summed E-state index contributed by atoms with van der Waals surface area (Å²) in [7, 11) is 0. The Labute approximate surface area is 117 Å². The SMILES string of the molecule is C1CCN(CCCOC2CC3CCCCN3N2)CC1. The molecule has 0 spiro atoms. The standard InChI is InChI=1S/C15H29N3O/c1-3-8-17(9-4-1)10-6-12-19-15-13-14-7-2-5-11-18(14)16-15/h14-16H,1-13H2. The number of nitrogens with one attached hydrogen (secondary N) is 1. The molecule has 3 rings (SSSR count). The van der Waals surface area contributed by atoms with E-state index in [0.29, 0.717) is 0 Å². The molecule has 3 aliphatic rings. The lowest BCUT2D eigenvalue weighted by Gasteiger charge is -2.28. The first-order valence-corrected chi connectivity index (χ1v) is 8.28. The molecule has 0 bridgehead atoms. The predicted octanol–water partition coefficient (Wildman–Crippen LogP) is 1.97. The molecular formula is C15H29N3O. The van der Waals surface area contributed by atoms with Gasteiger partial charge in [0.05, 0.1) is 0 Å². The highest BCUT2D eigenvalue weighted by Gasteiger charge is 2.33. The Morgan fingerprint density at radius 2 is 1.84 bits per heavy atom. The number of hydrogen-bond donors (Lipinski definition) is 1. The van der Waals surface area contributed by atoms with Gasteiger partial charge in [-0.2, -0.15) is 0 Å². The van der Waals surface area contributed by atoms with Gasteiger partial charge in [-0.15, -0.1) is 0 Å². The molecule has 0 amide bonds. The van der Waals surface area contributed by atoms with Crippen LogP contribution in [0.15, 0.2) is 0 Å². The molecule has 3 fully saturated rings. The number of fused-ring (bicyclic) bond motifs is 1. The van der Waals surface area contributed by atoms with Crippen LogP contribution in [0, 0.1) is 0 Å². The Morgan fingerprint density at radius 1 is 1.00 bits per heavy atom. The monoisotopic (exact) mass is 267 g/mol. The van der Waals surface area contributed by atoms with E-state index in [1.54, 1.807) is 0 Å². The molecule has 0 aromatic heterocycles. The fourth-order valence-electron chi connectivity index (χ4n) is 3.70. The van der Waals surface area contributed by atoms with Crippen molar-refractivity contribution in [3.05, 3.63) is 0 Å². The van der Waals surface area contributed by atoms with E-state index in [4.69, 9.17) is 4.74 Å². The molecule has 3 saturated heterocycles. The molecule has 0 radical (unpaired) electrons. The molecule has 0 aliphatic carbocycles. The predicted molar refractivity (Wildman–Crippen MR) is 76.7 cm³/mol. The molecule has 19 heavy (non-hydrogen) atoms. The lowest BCUT2D eigenvalue weighted by atomic mass is 10.0. The zero-order valence-electron chi connectivity index (χ0n) is 12.1. The molecular weight excluding hydrogens is 238 g/mol. The molecule has 0 aromatic rings. The second-order valence-corrected chi connectivity index (χ2v) is 6.32. The van der Waals surface area contributed by atoms with Gasteiger partial charge < -0.3 is 9.64 Å². The molecule has 2 unspecified atom stereocenters. The minimum absolute atomic E-state index is 0.282. The summed E-state index contributed by atoms with van der Waals surface area (Å²) in [6, 6.07) is 0.737. The number of hydrazine groups is 1. The molecule has 4 nitrogen and oxygen atoms in total. The molecule has 1 N–H and O–H groups in total. The van der Waals surface area contributed by atoms with Crippen molar-refractivity contribution < 1.29 is 4.74 Å². The highest BCUT2D eigenvalue weighted by Crippen LogP contribution is 2.25. The Hall–Kier alpha value is -0.160. The number of piperidine rings is 2. The van der Waals surface area contributed by atoms with Crippen LogP contribution in [0.4, 0.5) is 0 Å². The first kappa shape index (κ1) is 13.8. The average molecular weight is 267 g/mol. The summed E-state index contributed by atoms with van der Waals surface area (Å²) in [5.74, 6) is 0. The maximum absolute atomic E-state index is 6.01. The number of likely N-dealkylation sites (tertiary alicyclic amines) is 1. The summed E-state index contributed by atoms with van der Waals surface area (Å²) < 4.78 is 6.01.